The molecule has 0 bridgehead atoms. The van der Waals surface area contributed by atoms with Gasteiger partial charge < -0.3 is 16.4 Å². The molecule has 2 atom stereocenters. The summed E-state index contributed by atoms with van der Waals surface area (Å²) in [6.45, 7) is 4.54. The predicted octanol–water partition coefficient (Wildman–Crippen LogP) is -0.682. The summed E-state index contributed by atoms with van der Waals surface area (Å²) in [7, 11) is 0. The Bertz CT molecular complexity index is 265. The van der Waals surface area contributed by atoms with E-state index in [4.69, 9.17) is 5.73 Å². The van der Waals surface area contributed by atoms with E-state index in [9.17, 15) is 9.59 Å². The molecular formula is C10H19N3O2S. The molecule has 1 aliphatic rings. The molecule has 1 heterocycles. The topological polar surface area (TPSA) is 84.2 Å². The molecule has 1 rings (SSSR count). The van der Waals surface area contributed by atoms with Crippen molar-refractivity contribution in [2.24, 2.45) is 11.7 Å². The number of carbonyl (C=O) groups excluding carboxylic acids is 2. The van der Waals surface area contributed by atoms with Crippen LogP contribution in [0.15, 0.2) is 0 Å². The van der Waals surface area contributed by atoms with E-state index in [0.717, 1.165) is 18.1 Å². The van der Waals surface area contributed by atoms with Gasteiger partial charge >= 0.3 is 0 Å². The summed E-state index contributed by atoms with van der Waals surface area (Å²) >= 11 is 1.74. The summed E-state index contributed by atoms with van der Waals surface area (Å²) in [4.78, 5) is 23.0. The zero-order valence-electron chi connectivity index (χ0n) is 9.66. The Morgan fingerprint density at radius 3 is 2.62 bits per heavy atom. The van der Waals surface area contributed by atoms with Crippen LogP contribution >= 0.6 is 11.8 Å². The zero-order valence-corrected chi connectivity index (χ0v) is 10.5. The maximum Gasteiger partial charge on any atom is 0.240 e. The van der Waals surface area contributed by atoms with Crippen molar-refractivity contribution in [3.8, 4) is 0 Å². The van der Waals surface area contributed by atoms with E-state index in [0.29, 0.717) is 0 Å². The summed E-state index contributed by atoms with van der Waals surface area (Å²) < 4.78 is 0. The predicted molar refractivity (Wildman–Crippen MR) is 65.1 cm³/mol. The Hall–Kier alpha value is -0.750. The third kappa shape index (κ3) is 3.68. The molecule has 4 N–H and O–H groups in total. The number of nitrogens with two attached hydrogens (primary N) is 1. The first kappa shape index (κ1) is 13.3. The number of carbonyl (C=O) groups is 2. The molecule has 0 aromatic carbocycles. The van der Waals surface area contributed by atoms with Crippen molar-refractivity contribution in [1.29, 1.82) is 0 Å². The fraction of sp³-hybridized carbons (Fsp3) is 0.800. The molecule has 1 aliphatic heterocycles. The Morgan fingerprint density at radius 1 is 1.50 bits per heavy atom. The van der Waals surface area contributed by atoms with E-state index in [1.165, 1.54) is 0 Å². The number of thioether (sulfide) groups is 1. The molecule has 0 saturated carbocycles. The second kappa shape index (κ2) is 6.10. The van der Waals surface area contributed by atoms with Crippen LogP contribution in [0.5, 0.6) is 0 Å². The van der Waals surface area contributed by atoms with E-state index in [2.05, 4.69) is 10.6 Å². The van der Waals surface area contributed by atoms with Crippen LogP contribution in [0.4, 0.5) is 0 Å². The monoisotopic (exact) mass is 245 g/mol. The number of rotatable bonds is 4. The Morgan fingerprint density at radius 2 is 2.19 bits per heavy atom. The standard InChI is InChI=1S/C10H19N3O2S/c1-6(2)8(9(11)14)13-10(15)7-5-16-4-3-12-7/h6-8,12H,3-5H2,1-2H3,(H2,11,14)(H,13,15). The molecule has 6 heteroatoms. The van der Waals surface area contributed by atoms with E-state index in [1.807, 2.05) is 13.8 Å². The smallest absolute Gasteiger partial charge is 0.240 e. The quantitative estimate of drug-likeness (QED) is 0.612. The van der Waals surface area contributed by atoms with Crippen molar-refractivity contribution in [2.45, 2.75) is 25.9 Å². The Kier molecular flexibility index (Phi) is 5.08. The molecule has 16 heavy (non-hydrogen) atoms. The van der Waals surface area contributed by atoms with Crippen LogP contribution < -0.4 is 16.4 Å². The highest BCUT2D eigenvalue weighted by atomic mass is 32.2. The molecule has 92 valence electrons. The average Bonchev–Trinajstić information content (AvgIpc) is 2.25. The van der Waals surface area contributed by atoms with Gasteiger partial charge in [-0.1, -0.05) is 13.8 Å². The van der Waals surface area contributed by atoms with Gasteiger partial charge in [-0.15, -0.1) is 0 Å². The minimum absolute atomic E-state index is 0.0118. The fourth-order valence-electron chi connectivity index (χ4n) is 1.55. The van der Waals surface area contributed by atoms with Crippen LogP contribution in [-0.4, -0.2) is 41.9 Å². The lowest BCUT2D eigenvalue weighted by Gasteiger charge is -2.25. The van der Waals surface area contributed by atoms with Crippen molar-refractivity contribution in [1.82, 2.24) is 10.6 Å². The molecule has 0 aliphatic carbocycles. The number of nitrogens with one attached hydrogen (secondary N) is 2. The third-order valence-electron chi connectivity index (χ3n) is 2.51. The van der Waals surface area contributed by atoms with Crippen LogP contribution in [0.25, 0.3) is 0 Å². The van der Waals surface area contributed by atoms with Gasteiger partial charge in [0.2, 0.25) is 11.8 Å². The molecule has 1 saturated heterocycles. The van der Waals surface area contributed by atoms with E-state index in [-0.39, 0.29) is 17.9 Å². The van der Waals surface area contributed by atoms with E-state index < -0.39 is 11.9 Å². The lowest BCUT2D eigenvalue weighted by molar-refractivity contribution is -0.129. The first-order valence-corrected chi connectivity index (χ1v) is 6.58. The highest BCUT2D eigenvalue weighted by molar-refractivity contribution is 7.99. The number of hydrogen-bond acceptors (Lipinski definition) is 4. The van der Waals surface area contributed by atoms with Gasteiger partial charge in [0.1, 0.15) is 6.04 Å². The van der Waals surface area contributed by atoms with Crippen molar-refractivity contribution in [3.05, 3.63) is 0 Å². The van der Waals surface area contributed by atoms with Crippen LogP contribution in [0.2, 0.25) is 0 Å². The van der Waals surface area contributed by atoms with Crippen LogP contribution in [0.1, 0.15) is 13.8 Å². The van der Waals surface area contributed by atoms with Gasteiger partial charge in [-0.3, -0.25) is 9.59 Å². The zero-order chi connectivity index (χ0) is 12.1. The van der Waals surface area contributed by atoms with Gasteiger partial charge in [0.25, 0.3) is 0 Å². The highest BCUT2D eigenvalue weighted by Crippen LogP contribution is 2.08. The maximum absolute atomic E-state index is 11.8. The molecule has 5 nitrogen and oxygen atoms in total. The second-order valence-corrected chi connectivity index (χ2v) is 5.36. The SMILES string of the molecule is CC(C)C(NC(=O)C1CSCCN1)C(N)=O. The van der Waals surface area contributed by atoms with E-state index >= 15 is 0 Å². The third-order valence-corrected chi connectivity index (χ3v) is 3.57. The average molecular weight is 245 g/mol. The van der Waals surface area contributed by atoms with Gasteiger partial charge in [0.05, 0.1) is 6.04 Å². The first-order valence-electron chi connectivity index (χ1n) is 5.43. The number of amides is 2. The van der Waals surface area contributed by atoms with Crippen molar-refractivity contribution < 1.29 is 9.59 Å². The molecule has 1 fully saturated rings. The molecule has 2 amide bonds. The van der Waals surface area contributed by atoms with Gasteiger partial charge in [-0.05, 0) is 5.92 Å². The van der Waals surface area contributed by atoms with Crippen molar-refractivity contribution in [2.75, 3.05) is 18.1 Å². The largest absolute Gasteiger partial charge is 0.368 e. The van der Waals surface area contributed by atoms with Crippen LogP contribution in [0.3, 0.4) is 0 Å². The van der Waals surface area contributed by atoms with Crippen molar-refractivity contribution >= 4 is 23.6 Å². The molecule has 0 radical (unpaired) electrons. The van der Waals surface area contributed by atoms with Crippen LogP contribution in [0, 0.1) is 5.92 Å². The van der Waals surface area contributed by atoms with Gasteiger partial charge in [0.15, 0.2) is 0 Å². The Balaban J connectivity index is 2.50. The maximum atomic E-state index is 11.8. The van der Waals surface area contributed by atoms with Gasteiger partial charge in [-0.25, -0.2) is 0 Å². The molecular weight excluding hydrogens is 226 g/mol. The fourth-order valence-corrected chi connectivity index (χ4v) is 2.49. The van der Waals surface area contributed by atoms with Crippen LogP contribution in [-0.2, 0) is 9.59 Å². The summed E-state index contributed by atoms with van der Waals surface area (Å²) in [5.41, 5.74) is 5.24. The lowest BCUT2D eigenvalue weighted by atomic mass is 10.0. The minimum Gasteiger partial charge on any atom is -0.368 e. The number of hydrogen-bond donors (Lipinski definition) is 3. The summed E-state index contributed by atoms with van der Waals surface area (Å²) in [6, 6.07) is -0.791. The molecule has 0 spiro atoms. The number of primary amides is 1. The summed E-state index contributed by atoms with van der Waals surface area (Å²) in [6.07, 6.45) is 0. The highest BCUT2D eigenvalue weighted by Gasteiger charge is 2.27. The van der Waals surface area contributed by atoms with Crippen molar-refractivity contribution in [3.63, 3.8) is 0 Å². The normalized spacial score (nSPS) is 22.8. The summed E-state index contributed by atoms with van der Waals surface area (Å²) in [5, 5.41) is 5.81. The first-order chi connectivity index (χ1) is 7.52. The van der Waals surface area contributed by atoms with Gasteiger partial charge in [0, 0.05) is 18.1 Å². The molecule has 0 aromatic rings. The Labute approximate surface area is 99.9 Å². The lowest BCUT2D eigenvalue weighted by Crippen LogP contribution is -2.55. The van der Waals surface area contributed by atoms with Gasteiger partial charge in [-0.2, -0.15) is 11.8 Å². The van der Waals surface area contributed by atoms with E-state index in [1.54, 1.807) is 11.8 Å². The molecule has 0 aromatic heterocycles. The minimum atomic E-state index is -0.582. The molecule has 2 unspecified atom stereocenters. The summed E-state index contributed by atoms with van der Waals surface area (Å²) in [5.74, 6) is 1.16. The second-order valence-electron chi connectivity index (χ2n) is 4.21.